The molecule has 0 aliphatic rings. The molecule has 0 radical (unpaired) electrons. The molecule has 0 aliphatic carbocycles. The van der Waals surface area contributed by atoms with E-state index in [2.05, 4.69) is 5.32 Å². The fourth-order valence-electron chi connectivity index (χ4n) is 1.79. The van der Waals surface area contributed by atoms with Crippen LogP contribution < -0.4 is 15.2 Å². The van der Waals surface area contributed by atoms with Gasteiger partial charge in [0.05, 0.1) is 5.97 Å². The van der Waals surface area contributed by atoms with Crippen molar-refractivity contribution in [3.05, 3.63) is 59.7 Å². The van der Waals surface area contributed by atoms with E-state index in [0.29, 0.717) is 5.69 Å². The van der Waals surface area contributed by atoms with Gasteiger partial charge in [0.15, 0.2) is 0 Å². The average molecular weight is 298 g/mol. The van der Waals surface area contributed by atoms with Gasteiger partial charge in [-0.1, -0.05) is 18.2 Å². The number of amides is 1. The molecule has 0 aromatic heterocycles. The quantitative estimate of drug-likeness (QED) is 0.676. The molecule has 0 saturated carbocycles. The predicted octanol–water partition coefficient (Wildman–Crippen LogP) is 1.23. The smallest absolute Gasteiger partial charge is 0.308 e. The highest BCUT2D eigenvalue weighted by Crippen LogP contribution is 2.16. The maximum absolute atomic E-state index is 12.1. The Morgan fingerprint density at radius 2 is 1.68 bits per heavy atom. The van der Waals surface area contributed by atoms with Crippen LogP contribution in [0.2, 0.25) is 0 Å². The standard InChI is InChI=1S/C16H13NO5/c1-10(18)22-14-7-3-4-11(9-14)15(19)17-13-6-2-5-12(8-13)16(20)21/h2-9H,1H3,(H,17,19)(H,20,21)/p-1. The summed E-state index contributed by atoms with van der Waals surface area (Å²) in [6, 6.07) is 11.8. The first kappa shape index (κ1) is 15.2. The number of ether oxygens (including phenoxy) is 1. The summed E-state index contributed by atoms with van der Waals surface area (Å²) >= 11 is 0. The largest absolute Gasteiger partial charge is 0.545 e. The molecule has 0 heterocycles. The number of carboxylic acids is 1. The van der Waals surface area contributed by atoms with Crippen LogP contribution in [0.4, 0.5) is 5.69 Å². The van der Waals surface area contributed by atoms with Crippen LogP contribution in [-0.4, -0.2) is 17.8 Å². The molecule has 0 aliphatic heterocycles. The highest BCUT2D eigenvalue weighted by molar-refractivity contribution is 6.05. The van der Waals surface area contributed by atoms with Crippen molar-refractivity contribution in [1.82, 2.24) is 0 Å². The number of carbonyl (C=O) groups is 3. The molecule has 6 heteroatoms. The van der Waals surface area contributed by atoms with Crippen LogP contribution in [0.25, 0.3) is 0 Å². The first-order valence-electron chi connectivity index (χ1n) is 6.37. The fraction of sp³-hybridized carbons (Fsp3) is 0.0625. The first-order valence-corrected chi connectivity index (χ1v) is 6.37. The van der Waals surface area contributed by atoms with Crippen molar-refractivity contribution in [2.75, 3.05) is 5.32 Å². The number of esters is 1. The molecule has 112 valence electrons. The molecule has 2 rings (SSSR count). The lowest BCUT2D eigenvalue weighted by Gasteiger charge is -2.09. The first-order chi connectivity index (χ1) is 10.5. The summed E-state index contributed by atoms with van der Waals surface area (Å²) in [7, 11) is 0. The van der Waals surface area contributed by atoms with Crippen LogP contribution in [0, 0.1) is 0 Å². The fourth-order valence-corrected chi connectivity index (χ4v) is 1.79. The minimum Gasteiger partial charge on any atom is -0.545 e. The van der Waals surface area contributed by atoms with Crippen LogP contribution >= 0.6 is 0 Å². The Morgan fingerprint density at radius 3 is 2.36 bits per heavy atom. The highest BCUT2D eigenvalue weighted by Gasteiger charge is 2.08. The van der Waals surface area contributed by atoms with Crippen molar-refractivity contribution in [1.29, 1.82) is 0 Å². The normalized spacial score (nSPS) is 9.86. The van der Waals surface area contributed by atoms with E-state index in [9.17, 15) is 19.5 Å². The molecule has 0 unspecified atom stereocenters. The Bertz CT molecular complexity index is 739. The number of hydrogen-bond acceptors (Lipinski definition) is 5. The van der Waals surface area contributed by atoms with Crippen LogP contribution in [0.15, 0.2) is 48.5 Å². The second kappa shape index (κ2) is 6.53. The molecule has 0 saturated heterocycles. The molecule has 22 heavy (non-hydrogen) atoms. The molecule has 2 aromatic carbocycles. The Hall–Kier alpha value is -3.15. The predicted molar refractivity (Wildman–Crippen MR) is 76.5 cm³/mol. The van der Waals surface area contributed by atoms with Gasteiger partial charge >= 0.3 is 5.97 Å². The Labute approximate surface area is 126 Å². The van der Waals surface area contributed by atoms with E-state index in [1.165, 1.54) is 31.2 Å². The molecular weight excluding hydrogens is 286 g/mol. The van der Waals surface area contributed by atoms with Crippen molar-refractivity contribution in [3.8, 4) is 5.75 Å². The number of carbonyl (C=O) groups excluding carboxylic acids is 3. The van der Waals surface area contributed by atoms with E-state index in [4.69, 9.17) is 4.74 Å². The third-order valence-corrected chi connectivity index (χ3v) is 2.71. The van der Waals surface area contributed by atoms with Gasteiger partial charge in [0.1, 0.15) is 5.75 Å². The summed E-state index contributed by atoms with van der Waals surface area (Å²) in [4.78, 5) is 33.8. The monoisotopic (exact) mass is 298 g/mol. The summed E-state index contributed by atoms with van der Waals surface area (Å²) < 4.78 is 4.90. The minimum atomic E-state index is -1.33. The Balaban J connectivity index is 2.17. The third kappa shape index (κ3) is 3.92. The van der Waals surface area contributed by atoms with Gasteiger partial charge in [0, 0.05) is 18.2 Å². The molecule has 1 N–H and O–H groups in total. The van der Waals surface area contributed by atoms with Crippen molar-refractivity contribution in [2.45, 2.75) is 6.92 Å². The van der Waals surface area contributed by atoms with Gasteiger partial charge in [-0.15, -0.1) is 0 Å². The van der Waals surface area contributed by atoms with Gasteiger partial charge in [-0.3, -0.25) is 9.59 Å². The molecule has 0 bridgehead atoms. The number of rotatable bonds is 4. The molecule has 0 spiro atoms. The van der Waals surface area contributed by atoms with Gasteiger partial charge in [-0.2, -0.15) is 0 Å². The summed E-state index contributed by atoms with van der Waals surface area (Å²) in [6.45, 7) is 1.26. The highest BCUT2D eigenvalue weighted by atomic mass is 16.5. The van der Waals surface area contributed by atoms with Gasteiger partial charge in [-0.05, 0) is 35.9 Å². The van der Waals surface area contributed by atoms with E-state index < -0.39 is 17.8 Å². The van der Waals surface area contributed by atoms with Gasteiger partial charge in [0.2, 0.25) is 0 Å². The number of benzene rings is 2. The maximum atomic E-state index is 12.1. The zero-order valence-corrected chi connectivity index (χ0v) is 11.7. The zero-order valence-electron chi connectivity index (χ0n) is 11.7. The number of aromatic carboxylic acids is 1. The Morgan fingerprint density at radius 1 is 1.00 bits per heavy atom. The summed E-state index contributed by atoms with van der Waals surface area (Å²) in [5.41, 5.74) is 0.564. The average Bonchev–Trinajstić information content (AvgIpc) is 2.47. The molecule has 2 aromatic rings. The van der Waals surface area contributed by atoms with Crippen molar-refractivity contribution < 1.29 is 24.2 Å². The topological polar surface area (TPSA) is 95.5 Å². The summed E-state index contributed by atoms with van der Waals surface area (Å²) in [5.74, 6) is -2.01. The molecule has 0 fully saturated rings. The minimum absolute atomic E-state index is 0.0357. The lowest BCUT2D eigenvalue weighted by Crippen LogP contribution is -2.22. The summed E-state index contributed by atoms with van der Waals surface area (Å²) in [6.07, 6.45) is 0. The van der Waals surface area contributed by atoms with Crippen LogP contribution in [-0.2, 0) is 4.79 Å². The van der Waals surface area contributed by atoms with Crippen molar-refractivity contribution in [2.24, 2.45) is 0 Å². The zero-order chi connectivity index (χ0) is 16.1. The summed E-state index contributed by atoms with van der Waals surface area (Å²) in [5, 5.41) is 13.3. The second-order valence-electron chi connectivity index (χ2n) is 4.44. The van der Waals surface area contributed by atoms with E-state index in [0.717, 1.165) is 0 Å². The molecule has 0 atom stereocenters. The van der Waals surface area contributed by atoms with Crippen LogP contribution in [0.1, 0.15) is 27.6 Å². The van der Waals surface area contributed by atoms with E-state index in [1.54, 1.807) is 24.3 Å². The van der Waals surface area contributed by atoms with Crippen LogP contribution in [0.3, 0.4) is 0 Å². The second-order valence-corrected chi connectivity index (χ2v) is 4.44. The van der Waals surface area contributed by atoms with E-state index in [-0.39, 0.29) is 16.9 Å². The number of carboxylic acid groups (broad SMARTS) is 1. The lowest BCUT2D eigenvalue weighted by atomic mass is 10.1. The van der Waals surface area contributed by atoms with Gasteiger partial charge in [0.25, 0.3) is 5.91 Å². The number of hydrogen-bond donors (Lipinski definition) is 1. The van der Waals surface area contributed by atoms with E-state index >= 15 is 0 Å². The SMILES string of the molecule is CC(=O)Oc1cccc(C(=O)Nc2cccc(C(=O)[O-])c2)c1. The van der Waals surface area contributed by atoms with Crippen molar-refractivity contribution in [3.63, 3.8) is 0 Å². The maximum Gasteiger partial charge on any atom is 0.308 e. The molecular formula is C16H12NO5-. The van der Waals surface area contributed by atoms with E-state index in [1.807, 2.05) is 0 Å². The van der Waals surface area contributed by atoms with Gasteiger partial charge < -0.3 is 20.0 Å². The Kier molecular flexibility index (Phi) is 4.53. The number of anilines is 1. The lowest BCUT2D eigenvalue weighted by molar-refractivity contribution is -0.255. The molecule has 6 nitrogen and oxygen atoms in total. The third-order valence-electron chi connectivity index (χ3n) is 2.71. The van der Waals surface area contributed by atoms with Crippen molar-refractivity contribution >= 4 is 23.5 Å². The van der Waals surface area contributed by atoms with Gasteiger partial charge in [-0.25, -0.2) is 0 Å². The number of nitrogens with one attached hydrogen (secondary N) is 1. The molecule has 1 amide bonds. The van der Waals surface area contributed by atoms with Crippen LogP contribution in [0.5, 0.6) is 5.75 Å².